The minimum atomic E-state index is -0.481. The third kappa shape index (κ3) is 4.85. The average Bonchev–Trinajstić information content (AvgIpc) is 3.19. The van der Waals surface area contributed by atoms with E-state index in [4.69, 9.17) is 4.74 Å². The Morgan fingerprint density at radius 2 is 1.82 bits per heavy atom. The van der Waals surface area contributed by atoms with Crippen LogP contribution in [0, 0.1) is 11.6 Å². The fourth-order valence-corrected chi connectivity index (χ4v) is 2.59. The van der Waals surface area contributed by atoms with E-state index in [-0.39, 0.29) is 12.1 Å². The molecule has 2 aromatic carbocycles. The van der Waals surface area contributed by atoms with E-state index in [9.17, 15) is 8.78 Å². The molecule has 146 valence electrons. The van der Waals surface area contributed by atoms with Crippen molar-refractivity contribution < 1.29 is 13.5 Å². The van der Waals surface area contributed by atoms with Crippen molar-refractivity contribution in [3.8, 4) is 11.4 Å². The van der Waals surface area contributed by atoms with Crippen LogP contribution in [0.25, 0.3) is 5.69 Å². The Balaban J connectivity index is 1.56. The molecule has 0 saturated carbocycles. The molecule has 0 fully saturated rings. The maximum Gasteiger partial charge on any atom is 0.191 e. The zero-order valence-corrected chi connectivity index (χ0v) is 15.6. The van der Waals surface area contributed by atoms with Crippen molar-refractivity contribution in [1.82, 2.24) is 20.4 Å². The SMILES string of the molecule is CN=C(NCc1ccn(-c2ccc(OC)cc2)n1)NCc1cc(F)ccc1F. The number of aliphatic imine (C=N–C) groups is 1. The first kappa shape index (κ1) is 19.3. The first-order valence-corrected chi connectivity index (χ1v) is 8.66. The summed E-state index contributed by atoms with van der Waals surface area (Å²) in [6.45, 7) is 0.540. The summed E-state index contributed by atoms with van der Waals surface area (Å²) in [6.07, 6.45) is 1.86. The molecule has 0 aliphatic rings. The summed E-state index contributed by atoms with van der Waals surface area (Å²) in [5, 5.41) is 10.6. The van der Waals surface area contributed by atoms with Crippen molar-refractivity contribution in [2.45, 2.75) is 13.1 Å². The minimum Gasteiger partial charge on any atom is -0.497 e. The zero-order valence-electron chi connectivity index (χ0n) is 15.6. The lowest BCUT2D eigenvalue weighted by molar-refractivity contribution is 0.414. The third-order valence-corrected chi connectivity index (χ3v) is 4.10. The van der Waals surface area contributed by atoms with Gasteiger partial charge < -0.3 is 15.4 Å². The third-order valence-electron chi connectivity index (χ3n) is 4.10. The number of benzene rings is 2. The van der Waals surface area contributed by atoms with Crippen LogP contribution in [0.5, 0.6) is 5.75 Å². The molecule has 0 radical (unpaired) electrons. The summed E-state index contributed by atoms with van der Waals surface area (Å²) in [4.78, 5) is 4.08. The van der Waals surface area contributed by atoms with Crippen molar-refractivity contribution in [3.63, 3.8) is 0 Å². The van der Waals surface area contributed by atoms with Gasteiger partial charge in [0.1, 0.15) is 17.4 Å². The molecule has 0 saturated heterocycles. The highest BCUT2D eigenvalue weighted by atomic mass is 19.1. The lowest BCUT2D eigenvalue weighted by Crippen LogP contribution is -2.36. The average molecular weight is 385 g/mol. The number of methoxy groups -OCH3 is 1. The summed E-state index contributed by atoms with van der Waals surface area (Å²) in [6, 6.07) is 12.8. The second kappa shape index (κ2) is 8.98. The second-order valence-corrected chi connectivity index (χ2v) is 5.96. The number of hydrogen-bond donors (Lipinski definition) is 2. The highest BCUT2D eigenvalue weighted by Crippen LogP contribution is 2.14. The number of guanidine groups is 1. The molecule has 0 bridgehead atoms. The van der Waals surface area contributed by atoms with Crippen LogP contribution in [0.4, 0.5) is 8.78 Å². The number of nitrogens with zero attached hydrogens (tertiary/aromatic N) is 3. The normalized spacial score (nSPS) is 11.4. The van der Waals surface area contributed by atoms with Gasteiger partial charge in [-0.15, -0.1) is 0 Å². The smallest absolute Gasteiger partial charge is 0.191 e. The predicted molar refractivity (Wildman–Crippen MR) is 104 cm³/mol. The van der Waals surface area contributed by atoms with E-state index < -0.39 is 11.6 Å². The minimum absolute atomic E-state index is 0.115. The fraction of sp³-hybridized carbons (Fsp3) is 0.200. The number of aromatic nitrogens is 2. The quantitative estimate of drug-likeness (QED) is 0.506. The van der Waals surface area contributed by atoms with E-state index in [1.54, 1.807) is 18.8 Å². The molecule has 6 nitrogen and oxygen atoms in total. The fourth-order valence-electron chi connectivity index (χ4n) is 2.59. The zero-order chi connectivity index (χ0) is 19.9. The molecule has 0 unspecified atom stereocenters. The maximum absolute atomic E-state index is 13.7. The van der Waals surface area contributed by atoms with E-state index in [2.05, 4.69) is 20.7 Å². The Morgan fingerprint density at radius 1 is 1.07 bits per heavy atom. The Bertz CT molecular complexity index is 953. The van der Waals surface area contributed by atoms with Gasteiger partial charge in [0.15, 0.2) is 5.96 Å². The van der Waals surface area contributed by atoms with Crippen LogP contribution >= 0.6 is 0 Å². The lowest BCUT2D eigenvalue weighted by atomic mass is 10.2. The van der Waals surface area contributed by atoms with Gasteiger partial charge in [-0.05, 0) is 48.5 Å². The van der Waals surface area contributed by atoms with Crippen LogP contribution in [0.15, 0.2) is 59.7 Å². The lowest BCUT2D eigenvalue weighted by Gasteiger charge is -2.11. The molecule has 28 heavy (non-hydrogen) atoms. The van der Waals surface area contributed by atoms with Gasteiger partial charge in [-0.1, -0.05) is 0 Å². The summed E-state index contributed by atoms with van der Waals surface area (Å²) < 4.78 is 33.9. The summed E-state index contributed by atoms with van der Waals surface area (Å²) in [5.41, 5.74) is 1.94. The number of rotatable bonds is 6. The van der Waals surface area contributed by atoms with Gasteiger partial charge in [-0.25, -0.2) is 13.5 Å². The summed E-state index contributed by atoms with van der Waals surface area (Å²) >= 11 is 0. The Morgan fingerprint density at radius 3 is 2.54 bits per heavy atom. The van der Waals surface area contributed by atoms with E-state index in [0.29, 0.717) is 12.5 Å². The Hall–Kier alpha value is -3.42. The molecule has 0 spiro atoms. The standard InChI is InChI=1S/C20H21F2N5O/c1-23-20(24-12-14-11-15(21)3-8-19(14)22)25-13-16-9-10-27(26-16)17-4-6-18(28-2)7-5-17/h3-11H,12-13H2,1-2H3,(H2,23,24,25). The van der Waals surface area contributed by atoms with E-state index in [0.717, 1.165) is 35.3 Å². The van der Waals surface area contributed by atoms with E-state index >= 15 is 0 Å². The summed E-state index contributed by atoms with van der Waals surface area (Å²) in [7, 11) is 3.23. The van der Waals surface area contributed by atoms with Crippen LogP contribution in [0.3, 0.4) is 0 Å². The molecule has 3 aromatic rings. The Kier molecular flexibility index (Phi) is 6.21. The molecule has 1 heterocycles. The topological polar surface area (TPSA) is 63.5 Å². The monoisotopic (exact) mass is 385 g/mol. The first-order chi connectivity index (χ1) is 13.6. The molecule has 1 aromatic heterocycles. The number of ether oxygens (including phenoxy) is 1. The largest absolute Gasteiger partial charge is 0.497 e. The van der Waals surface area contributed by atoms with Crippen molar-refractivity contribution in [2.75, 3.05) is 14.2 Å². The van der Waals surface area contributed by atoms with Crippen molar-refractivity contribution in [1.29, 1.82) is 0 Å². The molecular formula is C20H21F2N5O. The van der Waals surface area contributed by atoms with E-state index in [1.165, 1.54) is 0 Å². The molecule has 2 N–H and O–H groups in total. The van der Waals surface area contributed by atoms with Crippen molar-refractivity contribution in [3.05, 3.63) is 77.6 Å². The first-order valence-electron chi connectivity index (χ1n) is 8.66. The summed E-state index contributed by atoms with van der Waals surface area (Å²) in [5.74, 6) is 0.290. The molecule has 0 aliphatic carbocycles. The molecule has 3 rings (SSSR count). The van der Waals surface area contributed by atoms with Gasteiger partial charge in [0.2, 0.25) is 0 Å². The van der Waals surface area contributed by atoms with Crippen LogP contribution < -0.4 is 15.4 Å². The molecule has 0 aliphatic heterocycles. The van der Waals surface area contributed by atoms with Gasteiger partial charge in [0, 0.05) is 25.4 Å². The van der Waals surface area contributed by atoms with Crippen LogP contribution in [-0.2, 0) is 13.1 Å². The van der Waals surface area contributed by atoms with Gasteiger partial charge >= 0.3 is 0 Å². The Labute approximate surface area is 161 Å². The van der Waals surface area contributed by atoms with Gasteiger partial charge in [0.05, 0.1) is 25.0 Å². The highest BCUT2D eigenvalue weighted by Gasteiger charge is 2.07. The number of halogens is 2. The second-order valence-electron chi connectivity index (χ2n) is 5.96. The van der Waals surface area contributed by atoms with Crippen molar-refractivity contribution >= 4 is 5.96 Å². The molecular weight excluding hydrogens is 364 g/mol. The maximum atomic E-state index is 13.7. The highest BCUT2D eigenvalue weighted by molar-refractivity contribution is 5.79. The molecule has 8 heteroatoms. The molecule has 0 amide bonds. The van der Waals surface area contributed by atoms with Crippen molar-refractivity contribution in [2.24, 2.45) is 4.99 Å². The number of nitrogens with one attached hydrogen (secondary N) is 2. The van der Waals surface area contributed by atoms with Crippen LogP contribution in [0.2, 0.25) is 0 Å². The van der Waals surface area contributed by atoms with Crippen LogP contribution in [0.1, 0.15) is 11.3 Å². The molecule has 0 atom stereocenters. The predicted octanol–water partition coefficient (Wildman–Crippen LogP) is 3.02. The van der Waals surface area contributed by atoms with Crippen LogP contribution in [-0.4, -0.2) is 29.9 Å². The number of hydrogen-bond acceptors (Lipinski definition) is 3. The van der Waals surface area contributed by atoms with Gasteiger partial charge in [-0.2, -0.15) is 5.10 Å². The van der Waals surface area contributed by atoms with E-state index in [1.807, 2.05) is 36.5 Å². The van der Waals surface area contributed by atoms with Gasteiger partial charge in [-0.3, -0.25) is 4.99 Å². The van der Waals surface area contributed by atoms with Gasteiger partial charge in [0.25, 0.3) is 0 Å².